The van der Waals surface area contributed by atoms with Crippen molar-refractivity contribution in [2.75, 3.05) is 18.8 Å². The van der Waals surface area contributed by atoms with Crippen LogP contribution >= 0.6 is 0 Å². The minimum atomic E-state index is -3.05. The highest BCUT2D eigenvalue weighted by Gasteiger charge is 2.41. The predicted octanol–water partition coefficient (Wildman–Crippen LogP) is 1.24. The maximum absolute atomic E-state index is 11.7. The van der Waals surface area contributed by atoms with E-state index in [2.05, 4.69) is 17.0 Å². The van der Waals surface area contributed by atoms with Crippen molar-refractivity contribution in [2.45, 2.75) is 51.5 Å². The lowest BCUT2D eigenvalue weighted by Gasteiger charge is -2.13. The monoisotopic (exact) mass is 260 g/mol. The van der Waals surface area contributed by atoms with Crippen LogP contribution in [0.1, 0.15) is 45.4 Å². The van der Waals surface area contributed by atoms with Gasteiger partial charge in [0.15, 0.2) is 0 Å². The van der Waals surface area contributed by atoms with Gasteiger partial charge in [0.25, 0.3) is 0 Å². The molecule has 2 saturated carbocycles. The molecule has 0 atom stereocenters. The van der Waals surface area contributed by atoms with Gasteiger partial charge in [-0.15, -0.1) is 0 Å². The molecule has 5 heteroatoms. The van der Waals surface area contributed by atoms with Gasteiger partial charge in [-0.25, -0.2) is 13.1 Å². The molecule has 0 unspecified atom stereocenters. The van der Waals surface area contributed by atoms with Gasteiger partial charge in [-0.05, 0) is 50.5 Å². The Bertz CT molecular complexity index is 346. The number of rotatable bonds is 9. The molecule has 17 heavy (non-hydrogen) atoms. The summed E-state index contributed by atoms with van der Waals surface area (Å²) in [6.07, 6.45) is 6.66. The molecule has 0 aromatic heterocycles. The fourth-order valence-electron chi connectivity index (χ4n) is 2.02. The van der Waals surface area contributed by atoms with E-state index >= 15 is 0 Å². The normalized spacial score (nSPS) is 22.6. The molecule has 0 spiro atoms. The second-order valence-electron chi connectivity index (χ2n) is 5.58. The molecule has 0 bridgehead atoms. The largest absolute Gasteiger partial charge is 0.314 e. The Labute approximate surface area is 105 Å². The molecule has 2 fully saturated rings. The van der Waals surface area contributed by atoms with Crippen LogP contribution in [-0.2, 0) is 10.0 Å². The zero-order valence-corrected chi connectivity index (χ0v) is 11.5. The number of hydrogen-bond donors (Lipinski definition) is 2. The Morgan fingerprint density at radius 1 is 1.29 bits per heavy atom. The van der Waals surface area contributed by atoms with Crippen LogP contribution in [0, 0.1) is 5.41 Å². The van der Waals surface area contributed by atoms with E-state index in [4.69, 9.17) is 0 Å². The fraction of sp³-hybridized carbons (Fsp3) is 1.00. The molecule has 2 aliphatic carbocycles. The Morgan fingerprint density at radius 3 is 2.53 bits per heavy atom. The van der Waals surface area contributed by atoms with Gasteiger partial charge in [0.2, 0.25) is 10.0 Å². The van der Waals surface area contributed by atoms with E-state index in [0.717, 1.165) is 13.0 Å². The third-order valence-electron chi connectivity index (χ3n) is 3.97. The van der Waals surface area contributed by atoms with Gasteiger partial charge in [-0.3, -0.25) is 0 Å². The summed E-state index contributed by atoms with van der Waals surface area (Å²) in [5.41, 5.74) is 0.291. The van der Waals surface area contributed by atoms with Crippen molar-refractivity contribution >= 4 is 10.0 Å². The quantitative estimate of drug-likeness (QED) is 0.613. The highest BCUT2D eigenvalue weighted by molar-refractivity contribution is 7.89. The third kappa shape index (κ3) is 4.56. The van der Waals surface area contributed by atoms with Crippen LogP contribution in [0.25, 0.3) is 0 Å². The summed E-state index contributed by atoms with van der Waals surface area (Å²) in [5.74, 6) is 0.256. The Kier molecular flexibility index (Phi) is 4.10. The molecule has 2 rings (SSSR count). The highest BCUT2D eigenvalue weighted by Crippen LogP contribution is 2.47. The minimum absolute atomic E-state index is 0.256. The van der Waals surface area contributed by atoms with Gasteiger partial charge in [0.1, 0.15) is 0 Å². The molecule has 100 valence electrons. The topological polar surface area (TPSA) is 58.2 Å². The molecule has 0 heterocycles. The van der Waals surface area contributed by atoms with Crippen LogP contribution in [0.2, 0.25) is 0 Å². The summed E-state index contributed by atoms with van der Waals surface area (Å²) >= 11 is 0. The van der Waals surface area contributed by atoms with Gasteiger partial charge in [-0.1, -0.05) is 6.92 Å². The van der Waals surface area contributed by atoms with Gasteiger partial charge in [-0.2, -0.15) is 0 Å². The van der Waals surface area contributed by atoms with E-state index in [-0.39, 0.29) is 5.75 Å². The minimum Gasteiger partial charge on any atom is -0.314 e. The molecule has 2 aliphatic rings. The maximum Gasteiger partial charge on any atom is 0.211 e. The molecule has 0 aromatic carbocycles. The summed E-state index contributed by atoms with van der Waals surface area (Å²) in [6.45, 7) is 3.60. The van der Waals surface area contributed by atoms with E-state index in [1.54, 1.807) is 0 Å². The fourth-order valence-corrected chi connectivity index (χ4v) is 3.22. The lowest BCUT2D eigenvalue weighted by atomic mass is 10.1. The standard InChI is InChI=1S/C12H24N2O2S/c1-2-12(6-7-12)10-14-17(15,16)9-3-8-13-11-4-5-11/h11,13-14H,2-10H2,1H3. The number of nitrogens with one attached hydrogen (secondary N) is 2. The molecule has 0 amide bonds. The van der Waals surface area contributed by atoms with Crippen LogP contribution in [0.15, 0.2) is 0 Å². The zero-order valence-electron chi connectivity index (χ0n) is 10.7. The lowest BCUT2D eigenvalue weighted by Crippen LogP contribution is -2.33. The van der Waals surface area contributed by atoms with Crippen molar-refractivity contribution in [3.8, 4) is 0 Å². The molecule has 2 N–H and O–H groups in total. The van der Waals surface area contributed by atoms with Crippen molar-refractivity contribution in [2.24, 2.45) is 5.41 Å². The first-order valence-corrected chi connectivity index (χ1v) is 8.41. The first-order valence-electron chi connectivity index (χ1n) is 6.76. The van der Waals surface area contributed by atoms with Gasteiger partial charge in [0, 0.05) is 12.6 Å². The zero-order chi connectivity index (χ0) is 12.4. The molecule has 0 saturated heterocycles. The van der Waals surface area contributed by atoms with Crippen LogP contribution in [-0.4, -0.2) is 33.3 Å². The first-order chi connectivity index (χ1) is 8.05. The molecule has 0 radical (unpaired) electrons. The van der Waals surface area contributed by atoms with Crippen LogP contribution < -0.4 is 10.0 Å². The summed E-state index contributed by atoms with van der Waals surface area (Å²) < 4.78 is 26.2. The van der Waals surface area contributed by atoms with Gasteiger partial charge < -0.3 is 5.32 Å². The predicted molar refractivity (Wildman–Crippen MR) is 69.4 cm³/mol. The SMILES string of the molecule is CCC1(CNS(=O)(=O)CCCNC2CC2)CC1. The second-order valence-corrected chi connectivity index (χ2v) is 7.50. The van der Waals surface area contributed by atoms with Gasteiger partial charge in [0.05, 0.1) is 5.75 Å². The van der Waals surface area contributed by atoms with Crippen molar-refractivity contribution < 1.29 is 8.42 Å². The Hall–Kier alpha value is -0.130. The van der Waals surface area contributed by atoms with E-state index in [1.165, 1.54) is 25.7 Å². The van der Waals surface area contributed by atoms with Crippen LogP contribution in [0.3, 0.4) is 0 Å². The second kappa shape index (κ2) is 5.24. The summed E-state index contributed by atoms with van der Waals surface area (Å²) in [5, 5.41) is 3.33. The average molecular weight is 260 g/mol. The van der Waals surface area contributed by atoms with Gasteiger partial charge >= 0.3 is 0 Å². The van der Waals surface area contributed by atoms with E-state index in [1.807, 2.05) is 0 Å². The smallest absolute Gasteiger partial charge is 0.211 e. The van der Waals surface area contributed by atoms with E-state index in [9.17, 15) is 8.42 Å². The van der Waals surface area contributed by atoms with E-state index in [0.29, 0.717) is 24.4 Å². The van der Waals surface area contributed by atoms with Crippen molar-refractivity contribution in [1.29, 1.82) is 0 Å². The Balaban J connectivity index is 1.60. The summed E-state index contributed by atoms with van der Waals surface area (Å²) in [6, 6.07) is 0.667. The van der Waals surface area contributed by atoms with Crippen LogP contribution in [0.4, 0.5) is 0 Å². The number of hydrogen-bond acceptors (Lipinski definition) is 3. The molecular formula is C12H24N2O2S. The first kappa shape index (κ1) is 13.3. The highest BCUT2D eigenvalue weighted by atomic mass is 32.2. The molecule has 4 nitrogen and oxygen atoms in total. The Morgan fingerprint density at radius 2 is 2.00 bits per heavy atom. The third-order valence-corrected chi connectivity index (χ3v) is 5.38. The summed E-state index contributed by atoms with van der Waals surface area (Å²) in [4.78, 5) is 0. The van der Waals surface area contributed by atoms with Crippen LogP contribution in [0.5, 0.6) is 0 Å². The van der Waals surface area contributed by atoms with Crippen molar-refractivity contribution in [1.82, 2.24) is 10.0 Å². The van der Waals surface area contributed by atoms with Crippen molar-refractivity contribution in [3.05, 3.63) is 0 Å². The van der Waals surface area contributed by atoms with Crippen molar-refractivity contribution in [3.63, 3.8) is 0 Å². The van der Waals surface area contributed by atoms with E-state index < -0.39 is 10.0 Å². The average Bonchev–Trinajstić information content (AvgIpc) is 3.16. The number of sulfonamides is 1. The molecule has 0 aromatic rings. The lowest BCUT2D eigenvalue weighted by molar-refractivity contribution is 0.475. The maximum atomic E-state index is 11.7. The molecule has 0 aliphatic heterocycles. The summed E-state index contributed by atoms with van der Waals surface area (Å²) in [7, 11) is -3.05. The molecular weight excluding hydrogens is 236 g/mol.